The molecule has 6 amide bonds. The van der Waals surface area contributed by atoms with E-state index in [2.05, 4.69) is 4.90 Å². The summed E-state index contributed by atoms with van der Waals surface area (Å²) in [6, 6.07) is 13.6. The number of carboxylic acid groups (broad SMARTS) is 2. The van der Waals surface area contributed by atoms with Crippen LogP contribution in [0.15, 0.2) is 48.5 Å². The maximum Gasteiger partial charge on any atom is 0.407 e. The Kier molecular flexibility index (Phi) is 13.4. The van der Waals surface area contributed by atoms with E-state index < -0.39 is 59.0 Å². The van der Waals surface area contributed by atoms with Crippen LogP contribution in [0.5, 0.6) is 0 Å². The summed E-state index contributed by atoms with van der Waals surface area (Å²) in [5.74, 6) is -2.87. The van der Waals surface area contributed by atoms with E-state index in [0.717, 1.165) is 46.6 Å². The van der Waals surface area contributed by atoms with Crippen molar-refractivity contribution in [2.75, 3.05) is 27.2 Å². The molecule has 2 saturated heterocycles. The second kappa shape index (κ2) is 17.8. The first-order valence-corrected chi connectivity index (χ1v) is 20.5. The highest BCUT2D eigenvalue weighted by atomic mass is 16.4. The first-order valence-electron chi connectivity index (χ1n) is 20.5. The quantitative estimate of drug-likeness (QED) is 0.199. The largest absolute Gasteiger partial charge is 0.465 e. The van der Waals surface area contributed by atoms with Gasteiger partial charge in [-0.3, -0.25) is 33.9 Å². The zero-order valence-corrected chi connectivity index (χ0v) is 34.7. The third-order valence-electron chi connectivity index (χ3n) is 12.8. The molecule has 2 aliphatic heterocycles. The molecule has 2 aromatic rings. The smallest absolute Gasteiger partial charge is 0.407 e. The number of likely N-dealkylation sites (tertiary alicyclic amines) is 2. The Labute approximate surface area is 341 Å². The number of nitrogens with zero attached hydrogens (tertiary/aromatic N) is 5. The van der Waals surface area contributed by atoms with Crippen LogP contribution >= 0.6 is 0 Å². The van der Waals surface area contributed by atoms with Gasteiger partial charge in [-0.25, -0.2) is 9.59 Å². The summed E-state index contributed by atoms with van der Waals surface area (Å²) in [4.78, 5) is 85.8. The number of nitrogens with two attached hydrogens (primary N) is 2. The summed E-state index contributed by atoms with van der Waals surface area (Å²) < 4.78 is 0. The molecule has 4 atom stereocenters. The van der Waals surface area contributed by atoms with Gasteiger partial charge in [0.2, 0.25) is 23.6 Å². The fourth-order valence-electron chi connectivity index (χ4n) is 9.81. The van der Waals surface area contributed by atoms with Gasteiger partial charge in [0.15, 0.2) is 0 Å². The highest BCUT2D eigenvalue weighted by molar-refractivity contribution is 5.96. The maximum atomic E-state index is 14.0. The molecule has 5 rings (SSSR count). The van der Waals surface area contributed by atoms with Crippen LogP contribution in [0.1, 0.15) is 101 Å². The van der Waals surface area contributed by atoms with Crippen molar-refractivity contribution in [3.05, 3.63) is 70.8 Å². The number of benzene rings is 2. The number of carbonyl (C=O) groups is 6. The second-order valence-electron chi connectivity index (χ2n) is 17.0. The lowest BCUT2D eigenvalue weighted by Gasteiger charge is -2.40. The summed E-state index contributed by atoms with van der Waals surface area (Å²) in [5.41, 5.74) is 12.6. The number of hydrogen-bond donors (Lipinski definition) is 4. The van der Waals surface area contributed by atoms with Crippen LogP contribution in [0.3, 0.4) is 0 Å². The summed E-state index contributed by atoms with van der Waals surface area (Å²) >= 11 is 0. The molecular weight excluding hydrogens is 743 g/mol. The predicted molar refractivity (Wildman–Crippen MR) is 217 cm³/mol. The number of hydrogen-bond acceptors (Lipinski definition) is 7. The molecule has 15 heteroatoms. The van der Waals surface area contributed by atoms with Gasteiger partial charge in [0.05, 0.1) is 0 Å². The van der Waals surface area contributed by atoms with Crippen molar-refractivity contribution in [1.82, 2.24) is 24.5 Å². The van der Waals surface area contributed by atoms with Gasteiger partial charge >= 0.3 is 12.2 Å². The second-order valence-corrected chi connectivity index (χ2v) is 17.0. The molecule has 0 unspecified atom stereocenters. The number of likely N-dealkylation sites (N-methyl/N-ethyl adjacent to an activating group) is 2. The molecule has 15 nitrogen and oxygen atoms in total. The molecular formula is C43H61N7O8. The molecule has 0 bridgehead atoms. The first kappa shape index (κ1) is 43.9. The van der Waals surface area contributed by atoms with Crippen LogP contribution in [0.4, 0.5) is 9.59 Å². The van der Waals surface area contributed by atoms with Gasteiger partial charge in [-0.1, -0.05) is 89.1 Å². The Morgan fingerprint density at radius 3 is 1.28 bits per heavy atom. The molecule has 316 valence electrons. The molecule has 1 saturated carbocycles. The van der Waals surface area contributed by atoms with E-state index in [9.17, 15) is 39.0 Å². The molecule has 6 N–H and O–H groups in total. The van der Waals surface area contributed by atoms with Crippen molar-refractivity contribution in [2.24, 2.45) is 23.3 Å². The lowest BCUT2D eigenvalue weighted by molar-refractivity contribution is -0.148. The molecule has 2 heterocycles. The van der Waals surface area contributed by atoms with E-state index in [1.165, 1.54) is 23.9 Å². The summed E-state index contributed by atoms with van der Waals surface area (Å²) in [5, 5.41) is 19.4. The Bertz CT molecular complexity index is 1720. The minimum absolute atomic E-state index is 0.282. The molecule has 2 aromatic carbocycles. The number of primary amides is 2. The van der Waals surface area contributed by atoms with Crippen molar-refractivity contribution < 1.29 is 39.0 Å². The SMILES string of the molecule is CC(C)[C@@H](C(=O)N1CCC[C@@]1(C(N)=O)c1ccc(CN(Cc2ccc([C@]3(C(N)=O)CCCN3C(=O)[C@H](C(C)C)N(C)C(=O)O)cc2)C2CCCC2)cc1)N(C)C(=O)O. The summed E-state index contributed by atoms with van der Waals surface area (Å²) in [7, 11) is 2.73. The van der Waals surface area contributed by atoms with Gasteiger partial charge in [0, 0.05) is 46.3 Å². The van der Waals surface area contributed by atoms with Crippen molar-refractivity contribution in [2.45, 2.75) is 121 Å². The zero-order valence-electron chi connectivity index (χ0n) is 34.7. The zero-order chi connectivity index (χ0) is 42.7. The first-order chi connectivity index (χ1) is 27.4. The van der Waals surface area contributed by atoms with Gasteiger partial charge in [0.25, 0.3) is 0 Å². The predicted octanol–water partition coefficient (Wildman–Crippen LogP) is 4.51. The van der Waals surface area contributed by atoms with Crippen LogP contribution < -0.4 is 11.5 Å². The van der Waals surface area contributed by atoms with Crippen LogP contribution in [0.2, 0.25) is 0 Å². The van der Waals surface area contributed by atoms with E-state index >= 15 is 0 Å². The van der Waals surface area contributed by atoms with Crippen LogP contribution in [0.25, 0.3) is 0 Å². The average molecular weight is 804 g/mol. The van der Waals surface area contributed by atoms with E-state index in [1.807, 2.05) is 48.5 Å². The Balaban J connectivity index is 1.39. The van der Waals surface area contributed by atoms with E-state index in [1.54, 1.807) is 27.7 Å². The minimum Gasteiger partial charge on any atom is -0.465 e. The van der Waals surface area contributed by atoms with Crippen molar-refractivity contribution in [3.8, 4) is 0 Å². The molecule has 3 fully saturated rings. The summed E-state index contributed by atoms with van der Waals surface area (Å²) in [6.07, 6.45) is 3.63. The van der Waals surface area contributed by atoms with E-state index in [0.29, 0.717) is 55.9 Å². The number of carbonyl (C=O) groups excluding carboxylic acids is 4. The van der Waals surface area contributed by atoms with Crippen LogP contribution in [0, 0.1) is 11.8 Å². The van der Waals surface area contributed by atoms with Gasteiger partial charge in [-0.2, -0.15) is 0 Å². The molecule has 0 radical (unpaired) electrons. The fraction of sp³-hybridized carbons (Fsp3) is 0.581. The lowest BCUT2D eigenvalue weighted by atomic mass is 9.84. The number of rotatable bonds is 15. The lowest BCUT2D eigenvalue weighted by Crippen LogP contribution is -2.59. The van der Waals surface area contributed by atoms with Crippen LogP contribution in [-0.4, -0.2) is 116 Å². The summed E-state index contributed by atoms with van der Waals surface area (Å²) in [6.45, 7) is 8.90. The van der Waals surface area contributed by atoms with Crippen molar-refractivity contribution >= 4 is 35.8 Å². The van der Waals surface area contributed by atoms with Gasteiger partial charge in [-0.15, -0.1) is 0 Å². The van der Waals surface area contributed by atoms with Gasteiger partial charge < -0.3 is 31.5 Å². The monoisotopic (exact) mass is 803 g/mol. The molecule has 0 aromatic heterocycles. The average Bonchev–Trinajstić information content (AvgIpc) is 3.96. The van der Waals surface area contributed by atoms with Gasteiger partial charge in [-0.05, 0) is 72.6 Å². The van der Waals surface area contributed by atoms with Gasteiger partial charge in [0.1, 0.15) is 23.2 Å². The van der Waals surface area contributed by atoms with Crippen LogP contribution in [-0.2, 0) is 43.3 Å². The maximum absolute atomic E-state index is 14.0. The Morgan fingerprint density at radius 1 is 0.638 bits per heavy atom. The third kappa shape index (κ3) is 8.23. The molecule has 58 heavy (non-hydrogen) atoms. The standard InChI is InChI=1S/C43H61N7O8/c1-27(2)34(46(5)40(55)56)36(51)49-23-9-21-42(49,38(44)53)31-17-13-29(14-18-31)25-48(33-11-7-8-12-33)26-30-15-19-32(20-16-30)43(39(45)54)22-10-24-50(43)37(52)35(28(3)4)47(6)41(57)58/h13-20,27-28,33-35H,7-12,21-26H2,1-6H3,(H2,44,53)(H2,45,54)(H,55,56)(H,57,58)/t34-,35-,42-,43-/m0/s1. The highest BCUT2D eigenvalue weighted by Gasteiger charge is 2.53. The van der Waals surface area contributed by atoms with E-state index in [4.69, 9.17) is 11.5 Å². The molecule has 3 aliphatic rings. The molecule has 1 aliphatic carbocycles. The van der Waals surface area contributed by atoms with Crippen molar-refractivity contribution in [3.63, 3.8) is 0 Å². The highest BCUT2D eigenvalue weighted by Crippen LogP contribution is 2.42. The third-order valence-corrected chi connectivity index (χ3v) is 12.8. The van der Waals surface area contributed by atoms with Crippen molar-refractivity contribution in [1.29, 1.82) is 0 Å². The normalized spacial score (nSPS) is 22.1. The Morgan fingerprint density at radius 2 is 0.983 bits per heavy atom. The minimum atomic E-state index is -1.40. The number of amides is 6. The Hall–Kier alpha value is -5.18. The van der Waals surface area contributed by atoms with E-state index in [-0.39, 0.29) is 24.9 Å². The topological polar surface area (TPSA) is 211 Å². The fourth-order valence-corrected chi connectivity index (χ4v) is 9.81. The molecule has 0 spiro atoms.